The van der Waals surface area contributed by atoms with E-state index in [0.717, 1.165) is 83.5 Å². The van der Waals surface area contributed by atoms with Gasteiger partial charge in [0.05, 0.1) is 38.6 Å². The second-order valence-corrected chi connectivity index (χ2v) is 21.0. The van der Waals surface area contributed by atoms with Gasteiger partial charge in [-0.2, -0.15) is 0 Å². The summed E-state index contributed by atoms with van der Waals surface area (Å²) in [5.41, 5.74) is 0. The second-order valence-electron chi connectivity index (χ2n) is 21.0. The van der Waals surface area contributed by atoms with Crippen LogP contribution in [0.5, 0.6) is 0 Å². The third-order valence-corrected chi connectivity index (χ3v) is 14.4. The molecule has 0 aromatic rings. The Morgan fingerprint density at radius 2 is 0.838 bits per heavy atom. The third kappa shape index (κ3) is 27.1. The van der Waals surface area contributed by atoms with Crippen LogP contribution in [0.4, 0.5) is 0 Å². The Morgan fingerprint density at radius 1 is 0.450 bits per heavy atom. The highest BCUT2D eigenvalue weighted by atomic mass is 16.8. The molecule has 12 N–H and O–H groups in total. The minimum Gasteiger partial charge on any atom is -0.394 e. The zero-order chi connectivity index (χ0) is 58.3. The SMILES string of the molecule is CC/C=C\C/C=C\C/C=C\C/C=C\CCCCCCCCCCCCCCC(=O)NC(COC1OC(CO)C(OC2OC(CO)C(OC3OC(CO)C(O)C(O)C3O)C(O)C2O)C(O)C1O)C(O)/C=C/CC/C=C/CC/C=C/CC. The molecular weight excluding hydrogens is 1030 g/mol. The van der Waals surface area contributed by atoms with Gasteiger partial charge in [0.15, 0.2) is 18.9 Å². The number of hydrogen-bond acceptors (Lipinski definition) is 18. The Hall–Kier alpha value is -3.03. The summed E-state index contributed by atoms with van der Waals surface area (Å²) in [6.45, 7) is 1.42. The van der Waals surface area contributed by atoms with E-state index >= 15 is 0 Å². The highest BCUT2D eigenvalue weighted by Crippen LogP contribution is 2.33. The molecule has 19 nitrogen and oxygen atoms in total. The van der Waals surface area contributed by atoms with Crippen molar-refractivity contribution in [2.75, 3.05) is 26.4 Å². The molecule has 0 aromatic carbocycles. The van der Waals surface area contributed by atoms with Gasteiger partial charge < -0.3 is 89.9 Å². The molecule has 3 aliphatic heterocycles. The van der Waals surface area contributed by atoms with E-state index in [9.17, 15) is 61.0 Å². The number of amides is 1. The number of aliphatic hydroxyl groups is 11. The van der Waals surface area contributed by atoms with E-state index in [4.69, 9.17) is 28.4 Å². The number of unbranched alkanes of at least 4 members (excludes halogenated alkanes) is 14. The van der Waals surface area contributed by atoms with Crippen LogP contribution in [0.3, 0.4) is 0 Å². The Labute approximate surface area is 476 Å². The maximum Gasteiger partial charge on any atom is 0.220 e. The van der Waals surface area contributed by atoms with Crippen LogP contribution in [-0.2, 0) is 33.2 Å². The van der Waals surface area contributed by atoms with Gasteiger partial charge in [-0.25, -0.2) is 0 Å². The minimum absolute atomic E-state index is 0.224. The number of rotatable bonds is 42. The number of hydrogen-bond donors (Lipinski definition) is 12. The van der Waals surface area contributed by atoms with Gasteiger partial charge in [-0.1, -0.05) is 163 Å². The lowest BCUT2D eigenvalue weighted by molar-refractivity contribution is -0.379. The van der Waals surface area contributed by atoms with Gasteiger partial charge in [0, 0.05) is 6.42 Å². The first-order chi connectivity index (χ1) is 38.8. The monoisotopic (exact) mass is 1140 g/mol. The first-order valence-electron chi connectivity index (χ1n) is 29.8. The van der Waals surface area contributed by atoms with E-state index in [1.54, 1.807) is 6.08 Å². The van der Waals surface area contributed by atoms with Crippen LogP contribution >= 0.6 is 0 Å². The quantitative estimate of drug-likeness (QED) is 0.0276. The van der Waals surface area contributed by atoms with Crippen LogP contribution in [0.2, 0.25) is 0 Å². The third-order valence-electron chi connectivity index (χ3n) is 14.4. The first-order valence-corrected chi connectivity index (χ1v) is 29.8. The lowest BCUT2D eigenvalue weighted by Crippen LogP contribution is -2.66. The maximum absolute atomic E-state index is 13.3. The maximum atomic E-state index is 13.3. The molecule has 17 unspecified atom stereocenters. The minimum atomic E-state index is -1.98. The highest BCUT2D eigenvalue weighted by molar-refractivity contribution is 5.76. The molecule has 0 radical (unpaired) electrons. The summed E-state index contributed by atoms with van der Waals surface area (Å²) in [5.74, 6) is -0.299. The van der Waals surface area contributed by atoms with Gasteiger partial charge in [-0.15, -0.1) is 0 Å². The smallest absolute Gasteiger partial charge is 0.220 e. The van der Waals surface area contributed by atoms with E-state index in [1.165, 1.54) is 44.9 Å². The highest BCUT2D eigenvalue weighted by Gasteiger charge is 2.53. The van der Waals surface area contributed by atoms with Gasteiger partial charge in [0.2, 0.25) is 5.91 Å². The fraction of sp³-hybridized carbons (Fsp3) is 0.754. The average molecular weight is 1140 g/mol. The van der Waals surface area contributed by atoms with Gasteiger partial charge >= 0.3 is 0 Å². The van der Waals surface area contributed by atoms with Crippen molar-refractivity contribution in [3.8, 4) is 0 Å². The summed E-state index contributed by atoms with van der Waals surface area (Å²) < 4.78 is 34.1. The van der Waals surface area contributed by atoms with Crippen molar-refractivity contribution in [3.05, 3.63) is 85.1 Å². The molecule has 19 heteroatoms. The molecule has 3 fully saturated rings. The number of carbonyl (C=O) groups is 1. The topological polar surface area (TPSA) is 307 Å². The molecule has 0 bridgehead atoms. The van der Waals surface area contributed by atoms with E-state index in [0.29, 0.717) is 12.8 Å². The van der Waals surface area contributed by atoms with E-state index in [1.807, 2.05) is 6.08 Å². The molecular formula is C61H103NO18. The fourth-order valence-electron chi connectivity index (χ4n) is 9.57. The summed E-state index contributed by atoms with van der Waals surface area (Å²) in [4.78, 5) is 13.3. The van der Waals surface area contributed by atoms with Gasteiger partial charge in [-0.05, 0) is 77.0 Å². The van der Waals surface area contributed by atoms with Crippen molar-refractivity contribution in [3.63, 3.8) is 0 Å². The lowest BCUT2D eigenvalue weighted by atomic mass is 9.96. The standard InChI is InChI=1S/C61H103NO18/c1-3-5-7-9-11-13-15-16-17-18-19-20-21-22-23-24-25-26-27-28-29-31-33-35-37-39-49(67)62-44(45(66)38-36-34-32-30-14-12-10-8-6-4-2)43-75-59-55(73)52(70)57(47(41-64)77-59)80-61-56(74)53(71)58(48(42-65)78-61)79-60-54(72)51(69)50(68)46(40-63)76-60/h5-8,11,13-14,16-17,19-20,30,36,38,44-48,50-61,63-66,68-74H,3-4,9-10,12,15,18,21-29,31-35,37,39-43H2,1-2H3,(H,62,67)/b7-5-,8-6+,13-11-,17-16-,20-19-,30-14+,38-36+. The van der Waals surface area contributed by atoms with E-state index in [-0.39, 0.29) is 18.9 Å². The van der Waals surface area contributed by atoms with Crippen molar-refractivity contribution >= 4 is 5.91 Å². The zero-order valence-corrected chi connectivity index (χ0v) is 47.8. The average Bonchev–Trinajstić information content (AvgIpc) is 3.47. The summed E-state index contributed by atoms with van der Waals surface area (Å²) in [6.07, 6.45) is 25.9. The molecule has 80 heavy (non-hydrogen) atoms. The number of aliphatic hydroxyl groups excluding tert-OH is 11. The number of carbonyl (C=O) groups excluding carboxylic acids is 1. The van der Waals surface area contributed by atoms with Crippen LogP contribution in [0.15, 0.2) is 85.1 Å². The van der Waals surface area contributed by atoms with Crippen LogP contribution in [0, 0.1) is 0 Å². The van der Waals surface area contributed by atoms with Crippen LogP contribution in [0.25, 0.3) is 0 Å². The van der Waals surface area contributed by atoms with Crippen molar-refractivity contribution in [2.24, 2.45) is 0 Å². The van der Waals surface area contributed by atoms with Crippen molar-refractivity contribution in [2.45, 2.75) is 266 Å². The normalized spacial score (nSPS) is 30.6. The van der Waals surface area contributed by atoms with Crippen molar-refractivity contribution in [1.82, 2.24) is 5.32 Å². The van der Waals surface area contributed by atoms with Crippen LogP contribution < -0.4 is 5.32 Å². The van der Waals surface area contributed by atoms with Crippen molar-refractivity contribution in [1.29, 1.82) is 0 Å². The van der Waals surface area contributed by atoms with Gasteiger partial charge in [0.25, 0.3) is 0 Å². The van der Waals surface area contributed by atoms with Crippen molar-refractivity contribution < 1.29 is 89.4 Å². The second kappa shape index (κ2) is 43.6. The molecule has 3 aliphatic rings. The summed E-state index contributed by atoms with van der Waals surface area (Å²) >= 11 is 0. The molecule has 0 spiro atoms. The molecule has 1 amide bonds. The lowest BCUT2D eigenvalue weighted by Gasteiger charge is -2.48. The first kappa shape index (κ1) is 71.2. The molecule has 3 saturated heterocycles. The van der Waals surface area contributed by atoms with Gasteiger partial charge in [0.1, 0.15) is 73.2 Å². The molecule has 3 heterocycles. The Morgan fingerprint density at radius 3 is 1.35 bits per heavy atom. The molecule has 0 aromatic heterocycles. The zero-order valence-electron chi connectivity index (χ0n) is 47.8. The molecule has 17 atom stereocenters. The number of ether oxygens (including phenoxy) is 6. The molecule has 0 saturated carbocycles. The van der Waals surface area contributed by atoms with E-state index < -0.39 is 124 Å². The predicted octanol–water partition coefficient (Wildman–Crippen LogP) is 5.20. The molecule has 460 valence electrons. The summed E-state index contributed by atoms with van der Waals surface area (Å²) in [6, 6.07) is -1.000. The predicted molar refractivity (Wildman–Crippen MR) is 304 cm³/mol. The number of allylic oxidation sites excluding steroid dienone is 13. The summed E-state index contributed by atoms with van der Waals surface area (Å²) in [7, 11) is 0. The Kier molecular flexibility index (Phi) is 38.8. The fourth-order valence-corrected chi connectivity index (χ4v) is 9.57. The summed E-state index contributed by atoms with van der Waals surface area (Å²) in [5, 5.41) is 120. The molecule has 3 rings (SSSR count). The van der Waals surface area contributed by atoms with Crippen LogP contribution in [0.1, 0.15) is 162 Å². The Bertz CT molecular complexity index is 1790. The number of nitrogens with one attached hydrogen (secondary N) is 1. The molecule has 0 aliphatic carbocycles. The largest absolute Gasteiger partial charge is 0.394 e. The van der Waals surface area contributed by atoms with E-state index in [2.05, 4.69) is 92.1 Å². The van der Waals surface area contributed by atoms with Gasteiger partial charge in [-0.3, -0.25) is 4.79 Å². The van der Waals surface area contributed by atoms with Crippen LogP contribution in [-0.4, -0.2) is 193 Å². The Balaban J connectivity index is 1.44.